The van der Waals surface area contributed by atoms with E-state index in [1.807, 2.05) is 25.4 Å². The van der Waals surface area contributed by atoms with Crippen LogP contribution in [0.3, 0.4) is 0 Å². The second kappa shape index (κ2) is 7.27. The van der Waals surface area contributed by atoms with E-state index in [9.17, 15) is 0 Å². The van der Waals surface area contributed by atoms with Gasteiger partial charge in [0, 0.05) is 30.0 Å². The maximum Gasteiger partial charge on any atom is 0.139 e. The highest BCUT2D eigenvalue weighted by Gasteiger charge is 2.12. The molecule has 0 saturated heterocycles. The van der Waals surface area contributed by atoms with Crippen molar-refractivity contribution in [3.63, 3.8) is 0 Å². The van der Waals surface area contributed by atoms with E-state index in [0.29, 0.717) is 22.4 Å². The van der Waals surface area contributed by atoms with Gasteiger partial charge < -0.3 is 10.1 Å². The number of ether oxygens (including phenoxy) is 1. The Bertz CT molecular complexity index is 587. The molecule has 0 atom stereocenters. The summed E-state index contributed by atoms with van der Waals surface area (Å²) in [5, 5.41) is 7.34. The summed E-state index contributed by atoms with van der Waals surface area (Å²) in [4.78, 5) is 4.59. The average Bonchev–Trinajstić information content (AvgIpc) is 2.89. The first-order valence-corrected chi connectivity index (χ1v) is 8.00. The largest absolute Gasteiger partial charge is 0.492 e. The minimum absolute atomic E-state index is 0.552. The summed E-state index contributed by atoms with van der Waals surface area (Å²) < 4.78 is 5.42. The second-order valence-corrected chi connectivity index (χ2v) is 5.93. The lowest BCUT2D eigenvalue weighted by atomic mass is 10.1. The molecule has 6 heteroatoms. The molecule has 0 radical (unpaired) electrons. The molecule has 3 nitrogen and oxygen atoms in total. The lowest BCUT2D eigenvalue weighted by Gasteiger charge is -2.08. The van der Waals surface area contributed by atoms with Crippen molar-refractivity contribution in [2.24, 2.45) is 0 Å². The van der Waals surface area contributed by atoms with E-state index in [2.05, 4.69) is 10.3 Å². The second-order valence-electron chi connectivity index (χ2n) is 4.18. The van der Waals surface area contributed by atoms with Crippen LogP contribution in [0.1, 0.15) is 11.9 Å². The van der Waals surface area contributed by atoms with E-state index >= 15 is 0 Å². The van der Waals surface area contributed by atoms with E-state index in [0.717, 1.165) is 29.2 Å². The molecule has 0 spiro atoms. The molecule has 2 aromatic rings. The van der Waals surface area contributed by atoms with Gasteiger partial charge in [0.05, 0.1) is 27.4 Å². The molecule has 0 aliphatic heterocycles. The predicted octanol–water partition coefficient (Wildman–Crippen LogP) is 4.28. The lowest BCUT2D eigenvalue weighted by molar-refractivity contribution is 0.340. The molecular weight excluding hydrogens is 315 g/mol. The van der Waals surface area contributed by atoms with Crippen molar-refractivity contribution in [2.75, 3.05) is 20.2 Å². The van der Waals surface area contributed by atoms with Gasteiger partial charge in [0.25, 0.3) is 0 Å². The third kappa shape index (κ3) is 3.64. The minimum atomic E-state index is 0.552. The Hall–Kier alpha value is -0.810. The molecule has 1 heterocycles. The fourth-order valence-electron chi connectivity index (χ4n) is 1.77. The van der Waals surface area contributed by atoms with Gasteiger partial charge >= 0.3 is 0 Å². The van der Waals surface area contributed by atoms with Gasteiger partial charge in [-0.1, -0.05) is 23.2 Å². The Morgan fingerprint density at radius 1 is 1.30 bits per heavy atom. The number of likely N-dealkylation sites (N-methyl/N-ethyl adjacent to an activating group) is 1. The van der Waals surface area contributed by atoms with Crippen LogP contribution < -0.4 is 10.1 Å². The van der Waals surface area contributed by atoms with E-state index < -0.39 is 0 Å². The zero-order chi connectivity index (χ0) is 14.5. The van der Waals surface area contributed by atoms with Gasteiger partial charge in [0.2, 0.25) is 0 Å². The van der Waals surface area contributed by atoms with Crippen molar-refractivity contribution in [3.05, 3.63) is 32.6 Å². The smallest absolute Gasteiger partial charge is 0.139 e. The number of halogens is 2. The maximum absolute atomic E-state index is 6.30. The van der Waals surface area contributed by atoms with E-state index in [4.69, 9.17) is 27.9 Å². The molecule has 0 amide bonds. The first-order valence-electron chi connectivity index (χ1n) is 6.37. The Morgan fingerprint density at radius 2 is 2.10 bits per heavy atom. The number of benzene rings is 1. The molecule has 0 unspecified atom stereocenters. The van der Waals surface area contributed by atoms with Crippen LogP contribution in [0.15, 0.2) is 17.5 Å². The first-order chi connectivity index (χ1) is 9.65. The lowest BCUT2D eigenvalue weighted by Crippen LogP contribution is -2.09. The maximum atomic E-state index is 6.30. The predicted molar refractivity (Wildman–Crippen MR) is 86.4 cm³/mol. The summed E-state index contributed by atoms with van der Waals surface area (Å²) in [7, 11) is 1.93. The van der Waals surface area contributed by atoms with Crippen molar-refractivity contribution >= 4 is 34.5 Å². The van der Waals surface area contributed by atoms with Crippen molar-refractivity contribution in [1.82, 2.24) is 10.3 Å². The molecular formula is C14H16Cl2N2OS. The van der Waals surface area contributed by atoms with Crippen LogP contribution >= 0.6 is 34.5 Å². The van der Waals surface area contributed by atoms with Crippen LogP contribution in [0.5, 0.6) is 5.75 Å². The number of hydrogen-bond acceptors (Lipinski definition) is 4. The highest BCUT2D eigenvalue weighted by atomic mass is 35.5. The topological polar surface area (TPSA) is 34.1 Å². The van der Waals surface area contributed by atoms with E-state index in [1.165, 1.54) is 0 Å². The molecule has 1 aromatic carbocycles. The Balaban J connectivity index is 2.28. The van der Waals surface area contributed by atoms with Gasteiger partial charge in [-0.2, -0.15) is 0 Å². The van der Waals surface area contributed by atoms with Crippen LogP contribution in [0.4, 0.5) is 0 Å². The van der Waals surface area contributed by atoms with Crippen LogP contribution in [-0.4, -0.2) is 25.2 Å². The Labute approximate surface area is 132 Å². The number of rotatable bonds is 6. The summed E-state index contributed by atoms with van der Waals surface area (Å²) in [5.41, 5.74) is 1.70. The molecule has 1 N–H and O–H groups in total. The molecule has 0 saturated carbocycles. The molecule has 1 aromatic heterocycles. The SMILES string of the molecule is CCOc1cc(Cl)c(-c2csc(CCNC)n2)cc1Cl. The summed E-state index contributed by atoms with van der Waals surface area (Å²) in [6.45, 7) is 3.37. The first kappa shape index (κ1) is 15.6. The molecule has 2 rings (SSSR count). The molecule has 108 valence electrons. The summed E-state index contributed by atoms with van der Waals surface area (Å²) >= 11 is 14.1. The van der Waals surface area contributed by atoms with Gasteiger partial charge in [0.15, 0.2) is 0 Å². The van der Waals surface area contributed by atoms with Gasteiger partial charge in [-0.15, -0.1) is 11.3 Å². The van der Waals surface area contributed by atoms with Gasteiger partial charge in [-0.05, 0) is 20.0 Å². The van der Waals surface area contributed by atoms with Gasteiger partial charge in [-0.3, -0.25) is 0 Å². The van der Waals surface area contributed by atoms with Crippen molar-refractivity contribution in [1.29, 1.82) is 0 Å². The van der Waals surface area contributed by atoms with E-state index in [1.54, 1.807) is 17.4 Å². The molecule has 0 aliphatic carbocycles. The number of nitrogens with zero attached hydrogens (tertiary/aromatic N) is 1. The standard InChI is InChI=1S/C14H16Cl2N2OS/c1-3-19-13-7-10(15)9(6-11(13)16)12-8-20-14(18-12)4-5-17-2/h6-8,17H,3-5H2,1-2H3. The molecule has 0 bridgehead atoms. The minimum Gasteiger partial charge on any atom is -0.492 e. The van der Waals surface area contributed by atoms with Gasteiger partial charge in [0.1, 0.15) is 5.75 Å². The van der Waals surface area contributed by atoms with Crippen LogP contribution in [0, 0.1) is 0 Å². The number of aromatic nitrogens is 1. The zero-order valence-electron chi connectivity index (χ0n) is 11.4. The third-order valence-corrected chi connectivity index (χ3v) is 4.25. The Morgan fingerprint density at radius 3 is 2.80 bits per heavy atom. The van der Waals surface area contributed by atoms with Crippen LogP contribution in [0.25, 0.3) is 11.3 Å². The van der Waals surface area contributed by atoms with Crippen LogP contribution in [0.2, 0.25) is 10.0 Å². The van der Waals surface area contributed by atoms with Crippen molar-refractivity contribution < 1.29 is 4.74 Å². The molecule has 0 fully saturated rings. The number of hydrogen-bond donors (Lipinski definition) is 1. The average molecular weight is 331 g/mol. The summed E-state index contributed by atoms with van der Waals surface area (Å²) in [5.74, 6) is 0.605. The normalized spacial score (nSPS) is 10.8. The fraction of sp³-hybridized carbons (Fsp3) is 0.357. The van der Waals surface area contributed by atoms with Crippen LogP contribution in [-0.2, 0) is 6.42 Å². The summed E-state index contributed by atoms with van der Waals surface area (Å²) in [6.07, 6.45) is 0.906. The highest BCUT2D eigenvalue weighted by Crippen LogP contribution is 2.37. The third-order valence-electron chi connectivity index (χ3n) is 2.74. The van der Waals surface area contributed by atoms with E-state index in [-0.39, 0.29) is 0 Å². The fourth-order valence-corrected chi connectivity index (χ4v) is 3.04. The molecule has 20 heavy (non-hydrogen) atoms. The molecule has 0 aliphatic rings. The highest BCUT2D eigenvalue weighted by molar-refractivity contribution is 7.10. The van der Waals surface area contributed by atoms with Crippen molar-refractivity contribution in [2.45, 2.75) is 13.3 Å². The van der Waals surface area contributed by atoms with Crippen molar-refractivity contribution in [3.8, 4) is 17.0 Å². The Kier molecular flexibility index (Phi) is 5.66. The quantitative estimate of drug-likeness (QED) is 0.858. The number of thiazole rings is 1. The number of nitrogens with one attached hydrogen (secondary N) is 1. The monoisotopic (exact) mass is 330 g/mol. The summed E-state index contributed by atoms with van der Waals surface area (Å²) in [6, 6.07) is 3.56. The van der Waals surface area contributed by atoms with Gasteiger partial charge in [-0.25, -0.2) is 4.98 Å². The zero-order valence-corrected chi connectivity index (χ0v) is 13.7.